The van der Waals surface area contributed by atoms with Crippen LogP contribution in [-0.4, -0.2) is 31.3 Å². The Kier molecular flexibility index (Phi) is 2.94. The molecule has 0 aliphatic heterocycles. The topological polar surface area (TPSA) is 80.9 Å². The number of nitrogens with zero attached hydrogens (tertiary/aromatic N) is 4. The van der Waals surface area contributed by atoms with Crippen LogP contribution in [-0.2, 0) is 11.2 Å². The molecule has 0 amide bonds. The molecule has 0 saturated carbocycles. The number of carbonyl (C=O) groups is 1. The molecule has 0 spiro atoms. The molecule has 0 saturated heterocycles. The zero-order valence-electron chi connectivity index (χ0n) is 7.64. The molecule has 0 aliphatic carbocycles. The Morgan fingerprint density at radius 1 is 1.69 bits per heavy atom. The molecular weight excluding hydrogens is 172 g/mol. The second-order valence-corrected chi connectivity index (χ2v) is 2.84. The summed E-state index contributed by atoms with van der Waals surface area (Å²) in [4.78, 5) is 10.4. The molecule has 1 aromatic heterocycles. The molecule has 0 radical (unpaired) electrons. The molecule has 1 rings (SSSR count). The van der Waals surface area contributed by atoms with Gasteiger partial charge in [0.05, 0.1) is 12.5 Å². The van der Waals surface area contributed by atoms with Crippen LogP contribution in [0, 0.1) is 0 Å². The van der Waals surface area contributed by atoms with E-state index in [2.05, 4.69) is 15.5 Å². The molecule has 0 aliphatic rings. The zero-order valence-corrected chi connectivity index (χ0v) is 7.64. The molecule has 6 nitrogen and oxygen atoms in total. The third-order valence-corrected chi connectivity index (χ3v) is 1.76. The third kappa shape index (κ3) is 2.24. The average Bonchev–Trinajstić information content (AvgIpc) is 2.49. The third-order valence-electron chi connectivity index (χ3n) is 1.76. The van der Waals surface area contributed by atoms with Crippen LogP contribution in [0.25, 0.3) is 0 Å². The number of rotatable bonds is 4. The van der Waals surface area contributed by atoms with Gasteiger partial charge in [-0.15, -0.1) is 5.10 Å². The first-order valence-corrected chi connectivity index (χ1v) is 4.13. The largest absolute Gasteiger partial charge is 0.481 e. The molecule has 1 unspecified atom stereocenters. The number of carboxylic acids is 1. The van der Waals surface area contributed by atoms with E-state index < -0.39 is 5.97 Å². The highest BCUT2D eigenvalue weighted by atomic mass is 16.4. The van der Waals surface area contributed by atoms with Crippen molar-refractivity contribution in [3.63, 3.8) is 0 Å². The Morgan fingerprint density at radius 3 is 2.92 bits per heavy atom. The van der Waals surface area contributed by atoms with Gasteiger partial charge in [0.15, 0.2) is 5.82 Å². The predicted octanol–water partition coefficient (Wildman–Crippen LogP) is 0.271. The van der Waals surface area contributed by atoms with E-state index in [0.29, 0.717) is 12.2 Å². The SMILES string of the molecule is CCc1nnnn1C(C)CC(=O)O. The van der Waals surface area contributed by atoms with Gasteiger partial charge in [-0.3, -0.25) is 4.79 Å². The van der Waals surface area contributed by atoms with Crippen LogP contribution in [0.15, 0.2) is 0 Å². The van der Waals surface area contributed by atoms with E-state index in [1.165, 1.54) is 0 Å². The van der Waals surface area contributed by atoms with Crippen molar-refractivity contribution in [3.05, 3.63) is 5.82 Å². The summed E-state index contributed by atoms with van der Waals surface area (Å²) >= 11 is 0. The summed E-state index contributed by atoms with van der Waals surface area (Å²) in [5.41, 5.74) is 0. The Hall–Kier alpha value is -1.46. The van der Waals surface area contributed by atoms with E-state index >= 15 is 0 Å². The standard InChI is InChI=1S/C7H12N4O2/c1-3-6-8-9-10-11(6)5(2)4-7(12)13/h5H,3-4H2,1-2H3,(H,12,13). The summed E-state index contributed by atoms with van der Waals surface area (Å²) in [5.74, 6) is -0.126. The quantitative estimate of drug-likeness (QED) is 0.726. The van der Waals surface area contributed by atoms with Crippen molar-refractivity contribution in [1.29, 1.82) is 0 Å². The minimum Gasteiger partial charge on any atom is -0.481 e. The Bertz CT molecular complexity index is 296. The van der Waals surface area contributed by atoms with Gasteiger partial charge >= 0.3 is 5.97 Å². The molecule has 6 heteroatoms. The molecule has 1 heterocycles. The van der Waals surface area contributed by atoms with Crippen LogP contribution in [0.2, 0.25) is 0 Å². The van der Waals surface area contributed by atoms with E-state index in [-0.39, 0.29) is 12.5 Å². The maximum Gasteiger partial charge on any atom is 0.305 e. The van der Waals surface area contributed by atoms with Gasteiger partial charge in [-0.2, -0.15) is 0 Å². The van der Waals surface area contributed by atoms with Gasteiger partial charge in [0.1, 0.15) is 0 Å². The molecule has 0 fully saturated rings. The number of aliphatic carboxylic acids is 1. The van der Waals surface area contributed by atoms with E-state index in [1.807, 2.05) is 6.92 Å². The van der Waals surface area contributed by atoms with Gasteiger partial charge in [-0.05, 0) is 17.4 Å². The second-order valence-electron chi connectivity index (χ2n) is 2.84. The fourth-order valence-electron chi connectivity index (χ4n) is 1.13. The molecule has 13 heavy (non-hydrogen) atoms. The average molecular weight is 184 g/mol. The summed E-state index contributed by atoms with van der Waals surface area (Å²) in [6, 6.07) is -0.192. The minimum atomic E-state index is -0.843. The van der Waals surface area contributed by atoms with Gasteiger partial charge < -0.3 is 5.11 Å². The number of aromatic nitrogens is 4. The molecule has 1 aromatic rings. The highest BCUT2D eigenvalue weighted by Gasteiger charge is 2.14. The highest BCUT2D eigenvalue weighted by molar-refractivity contribution is 5.67. The number of tetrazole rings is 1. The van der Waals surface area contributed by atoms with Crippen molar-refractivity contribution in [3.8, 4) is 0 Å². The van der Waals surface area contributed by atoms with Gasteiger partial charge in [-0.1, -0.05) is 6.92 Å². The summed E-state index contributed by atoms with van der Waals surface area (Å²) in [6.45, 7) is 3.71. The first-order valence-electron chi connectivity index (χ1n) is 4.13. The summed E-state index contributed by atoms with van der Waals surface area (Å²) in [6.07, 6.45) is 0.745. The van der Waals surface area contributed by atoms with E-state index in [4.69, 9.17) is 5.11 Å². The maximum absolute atomic E-state index is 10.4. The first kappa shape index (κ1) is 9.63. The second kappa shape index (κ2) is 3.97. The van der Waals surface area contributed by atoms with E-state index in [0.717, 1.165) is 0 Å². The van der Waals surface area contributed by atoms with Gasteiger partial charge in [0.2, 0.25) is 0 Å². The van der Waals surface area contributed by atoms with Crippen LogP contribution < -0.4 is 0 Å². The molecule has 72 valence electrons. The summed E-state index contributed by atoms with van der Waals surface area (Å²) in [7, 11) is 0. The Balaban J connectivity index is 2.75. The smallest absolute Gasteiger partial charge is 0.305 e. The number of hydrogen-bond acceptors (Lipinski definition) is 4. The fraction of sp³-hybridized carbons (Fsp3) is 0.714. The number of carboxylic acid groups (broad SMARTS) is 1. The Morgan fingerprint density at radius 2 is 2.38 bits per heavy atom. The normalized spacial score (nSPS) is 12.8. The zero-order chi connectivity index (χ0) is 9.84. The molecule has 0 bridgehead atoms. The van der Waals surface area contributed by atoms with Crippen molar-refractivity contribution >= 4 is 5.97 Å². The molecular formula is C7H12N4O2. The lowest BCUT2D eigenvalue weighted by Crippen LogP contribution is -2.14. The summed E-state index contributed by atoms with van der Waals surface area (Å²) in [5, 5.41) is 19.6. The fourth-order valence-corrected chi connectivity index (χ4v) is 1.13. The molecule has 1 atom stereocenters. The molecule has 1 N–H and O–H groups in total. The van der Waals surface area contributed by atoms with Crippen LogP contribution in [0.1, 0.15) is 32.1 Å². The Labute approximate surface area is 75.6 Å². The lowest BCUT2D eigenvalue weighted by molar-refractivity contribution is -0.137. The maximum atomic E-state index is 10.4. The van der Waals surface area contributed by atoms with E-state index in [9.17, 15) is 4.79 Å². The van der Waals surface area contributed by atoms with Crippen molar-refractivity contribution < 1.29 is 9.90 Å². The van der Waals surface area contributed by atoms with Crippen molar-refractivity contribution in [2.45, 2.75) is 32.7 Å². The first-order chi connectivity index (χ1) is 6.15. The number of aryl methyl sites for hydroxylation is 1. The van der Waals surface area contributed by atoms with Crippen molar-refractivity contribution in [1.82, 2.24) is 20.2 Å². The van der Waals surface area contributed by atoms with Gasteiger partial charge in [-0.25, -0.2) is 4.68 Å². The van der Waals surface area contributed by atoms with Crippen LogP contribution in [0.5, 0.6) is 0 Å². The lowest BCUT2D eigenvalue weighted by Gasteiger charge is -2.09. The van der Waals surface area contributed by atoms with Crippen molar-refractivity contribution in [2.24, 2.45) is 0 Å². The van der Waals surface area contributed by atoms with Gasteiger partial charge in [0.25, 0.3) is 0 Å². The van der Waals surface area contributed by atoms with Crippen LogP contribution >= 0.6 is 0 Å². The van der Waals surface area contributed by atoms with Crippen LogP contribution in [0.4, 0.5) is 0 Å². The van der Waals surface area contributed by atoms with Gasteiger partial charge in [0, 0.05) is 6.42 Å². The molecule has 0 aromatic carbocycles. The predicted molar refractivity (Wildman–Crippen MR) is 44.2 cm³/mol. The monoisotopic (exact) mass is 184 g/mol. The summed E-state index contributed by atoms with van der Waals surface area (Å²) < 4.78 is 1.55. The van der Waals surface area contributed by atoms with E-state index in [1.54, 1.807) is 11.6 Å². The highest BCUT2D eigenvalue weighted by Crippen LogP contribution is 2.10. The minimum absolute atomic E-state index is 0.0397. The van der Waals surface area contributed by atoms with Crippen LogP contribution in [0.3, 0.4) is 0 Å². The lowest BCUT2D eigenvalue weighted by atomic mass is 10.2. The number of hydrogen-bond donors (Lipinski definition) is 1. The van der Waals surface area contributed by atoms with Crippen molar-refractivity contribution in [2.75, 3.05) is 0 Å².